The average Bonchev–Trinajstić information content (AvgIpc) is 3.88. The lowest BCUT2D eigenvalue weighted by Crippen LogP contribution is -2.46. The zero-order valence-corrected chi connectivity index (χ0v) is 27.8. The van der Waals surface area contributed by atoms with Crippen LogP contribution in [0.4, 0.5) is 30.6 Å². The van der Waals surface area contributed by atoms with Crippen LogP contribution in [-0.4, -0.2) is 90.5 Å². The van der Waals surface area contributed by atoms with Gasteiger partial charge in [0.1, 0.15) is 42.2 Å². The van der Waals surface area contributed by atoms with Gasteiger partial charge in [0, 0.05) is 74.0 Å². The van der Waals surface area contributed by atoms with Crippen molar-refractivity contribution in [1.29, 1.82) is 0 Å². The molecule has 13 heteroatoms. The summed E-state index contributed by atoms with van der Waals surface area (Å²) in [5.74, 6) is -0.735. The second kappa shape index (κ2) is 14.0. The van der Waals surface area contributed by atoms with E-state index >= 15 is 0 Å². The number of halogens is 2. The molecule has 4 heterocycles. The van der Waals surface area contributed by atoms with Crippen LogP contribution in [0.5, 0.6) is 5.75 Å². The van der Waals surface area contributed by atoms with Crippen LogP contribution in [0.1, 0.15) is 25.8 Å². The van der Waals surface area contributed by atoms with Gasteiger partial charge in [-0.05, 0) is 67.9 Å². The number of ether oxygens (including phenoxy) is 3. The van der Waals surface area contributed by atoms with E-state index in [1.165, 1.54) is 29.5 Å². The van der Waals surface area contributed by atoms with Crippen molar-refractivity contribution in [3.8, 4) is 5.75 Å². The molecule has 0 radical (unpaired) electrons. The van der Waals surface area contributed by atoms with Gasteiger partial charge in [-0.15, -0.1) is 0 Å². The average molecular weight is 674 g/mol. The highest BCUT2D eigenvalue weighted by atomic mass is 19.1. The highest BCUT2D eigenvalue weighted by Crippen LogP contribution is 2.37. The molecule has 2 amide bonds. The Morgan fingerprint density at radius 1 is 0.918 bits per heavy atom. The molecule has 258 valence electrons. The zero-order valence-electron chi connectivity index (χ0n) is 27.8. The van der Waals surface area contributed by atoms with Gasteiger partial charge in [-0.25, -0.2) is 23.2 Å². The van der Waals surface area contributed by atoms with Crippen molar-refractivity contribution in [2.75, 3.05) is 67.2 Å². The van der Waals surface area contributed by atoms with Gasteiger partial charge in [0.25, 0.3) is 0 Å². The maximum atomic E-state index is 14.9. The molecule has 7 rings (SSSR count). The van der Waals surface area contributed by atoms with E-state index in [1.807, 2.05) is 34.1 Å². The second-order valence-electron chi connectivity index (χ2n) is 12.8. The van der Waals surface area contributed by atoms with E-state index in [9.17, 15) is 13.6 Å². The highest BCUT2D eigenvalue weighted by molar-refractivity contribution is 5.94. The first-order valence-corrected chi connectivity index (χ1v) is 16.8. The number of hydrogen-bond acceptors (Lipinski definition) is 8. The molecule has 0 aliphatic carbocycles. The van der Waals surface area contributed by atoms with E-state index in [0.717, 1.165) is 68.8 Å². The quantitative estimate of drug-likeness (QED) is 0.213. The van der Waals surface area contributed by atoms with Crippen LogP contribution in [0.15, 0.2) is 79.4 Å². The smallest absolute Gasteiger partial charge is 0.324 e. The minimum absolute atomic E-state index is 0.0355. The minimum Gasteiger partial charge on any atom is -0.488 e. The standard InChI is InChI=1S/C36H41F2N7O4/c1-3-26(2)44-18-19-45(35(44)46)30-7-5-28(6-8-30)41-14-16-42(17-15-41)29-9-11-31(12-10-29)47-21-34-48-23-36(49-34,22-43-25-39-24-40-43)32-13-4-27(37)20-33(32)38/h4-13,20,24-26,34H,3,14-19,21-23H2,1-2H3/t26?,34-,36+/m0/s1. The van der Waals surface area contributed by atoms with Crippen molar-refractivity contribution in [2.45, 2.75) is 44.7 Å². The fourth-order valence-corrected chi connectivity index (χ4v) is 6.78. The Labute approximate surface area is 284 Å². The van der Waals surface area contributed by atoms with Crippen LogP contribution in [0, 0.1) is 11.6 Å². The van der Waals surface area contributed by atoms with Crippen molar-refractivity contribution in [3.63, 3.8) is 0 Å². The lowest BCUT2D eigenvalue weighted by molar-refractivity contribution is -0.117. The van der Waals surface area contributed by atoms with Gasteiger partial charge in [0.2, 0.25) is 0 Å². The molecule has 3 atom stereocenters. The van der Waals surface area contributed by atoms with E-state index in [2.05, 4.69) is 58.0 Å². The molecule has 3 fully saturated rings. The van der Waals surface area contributed by atoms with Crippen molar-refractivity contribution in [3.05, 3.63) is 96.6 Å². The van der Waals surface area contributed by atoms with Crippen LogP contribution >= 0.6 is 0 Å². The Morgan fingerprint density at radius 3 is 2.22 bits per heavy atom. The molecule has 0 saturated carbocycles. The van der Waals surface area contributed by atoms with E-state index in [4.69, 9.17) is 14.2 Å². The molecular formula is C36H41F2N7O4. The van der Waals surface area contributed by atoms with Gasteiger partial charge >= 0.3 is 6.03 Å². The van der Waals surface area contributed by atoms with E-state index in [1.54, 1.807) is 0 Å². The van der Waals surface area contributed by atoms with Crippen LogP contribution in [-0.2, 0) is 21.6 Å². The molecule has 0 spiro atoms. The zero-order chi connectivity index (χ0) is 34.0. The predicted octanol–water partition coefficient (Wildman–Crippen LogP) is 5.27. The molecule has 3 saturated heterocycles. The van der Waals surface area contributed by atoms with Crippen LogP contribution in [0.25, 0.3) is 0 Å². The summed E-state index contributed by atoms with van der Waals surface area (Å²) in [5, 5.41) is 4.13. The lowest BCUT2D eigenvalue weighted by atomic mass is 9.94. The number of aromatic nitrogens is 3. The first kappa shape index (κ1) is 32.8. The number of benzene rings is 3. The molecule has 1 aromatic heterocycles. The predicted molar refractivity (Wildman–Crippen MR) is 181 cm³/mol. The number of hydrogen-bond donors (Lipinski definition) is 0. The van der Waals surface area contributed by atoms with Crippen LogP contribution < -0.4 is 19.4 Å². The summed E-state index contributed by atoms with van der Waals surface area (Å²) in [6.07, 6.45) is 3.07. The van der Waals surface area contributed by atoms with Gasteiger partial charge in [0.15, 0.2) is 6.29 Å². The summed E-state index contributed by atoms with van der Waals surface area (Å²) in [5.41, 5.74) is 2.16. The summed E-state index contributed by atoms with van der Waals surface area (Å²) >= 11 is 0. The third-order valence-electron chi connectivity index (χ3n) is 9.72. The van der Waals surface area contributed by atoms with E-state index in [0.29, 0.717) is 5.75 Å². The molecule has 3 aliphatic rings. The summed E-state index contributed by atoms with van der Waals surface area (Å²) in [6, 6.07) is 20.0. The summed E-state index contributed by atoms with van der Waals surface area (Å²) in [4.78, 5) is 25.4. The topological polar surface area (TPSA) is 88.4 Å². The first-order chi connectivity index (χ1) is 23.8. The largest absolute Gasteiger partial charge is 0.488 e. The molecule has 4 aromatic rings. The molecule has 11 nitrogen and oxygen atoms in total. The molecule has 1 unspecified atom stereocenters. The number of nitrogens with zero attached hydrogens (tertiary/aromatic N) is 7. The molecule has 0 N–H and O–H groups in total. The Morgan fingerprint density at radius 2 is 1.59 bits per heavy atom. The molecule has 49 heavy (non-hydrogen) atoms. The van der Waals surface area contributed by atoms with Crippen LogP contribution in [0.2, 0.25) is 0 Å². The molecule has 3 aromatic carbocycles. The number of rotatable bonds is 11. The van der Waals surface area contributed by atoms with Crippen molar-refractivity contribution in [1.82, 2.24) is 19.7 Å². The number of carbonyl (C=O) groups excluding carboxylic acids is 1. The van der Waals surface area contributed by atoms with Crippen molar-refractivity contribution >= 4 is 23.1 Å². The fraction of sp³-hybridized carbons (Fsp3) is 0.417. The Kier molecular flexibility index (Phi) is 9.37. The maximum Gasteiger partial charge on any atom is 0.324 e. The van der Waals surface area contributed by atoms with E-state index < -0.39 is 23.5 Å². The minimum atomic E-state index is -1.23. The number of anilines is 3. The first-order valence-electron chi connectivity index (χ1n) is 16.8. The van der Waals surface area contributed by atoms with Gasteiger partial charge in [-0.1, -0.05) is 13.0 Å². The van der Waals surface area contributed by atoms with Gasteiger partial charge in [0.05, 0.1) is 13.2 Å². The third-order valence-corrected chi connectivity index (χ3v) is 9.72. The summed E-state index contributed by atoms with van der Waals surface area (Å²) in [6.45, 7) is 9.45. The molecule has 3 aliphatic heterocycles. The van der Waals surface area contributed by atoms with Gasteiger partial charge < -0.3 is 28.9 Å². The maximum absolute atomic E-state index is 14.9. The number of piperazine rings is 1. The lowest BCUT2D eigenvalue weighted by Gasteiger charge is -2.37. The SMILES string of the molecule is CCC(C)N1CCN(c2ccc(N3CCN(c4ccc(OC[C@H]5OC[C@](Cn6cncn6)(c6ccc(F)cc6F)O5)cc4)CC3)cc2)C1=O. The van der Waals surface area contributed by atoms with Crippen molar-refractivity contribution < 1.29 is 27.8 Å². The Bertz CT molecular complexity index is 1720. The van der Waals surface area contributed by atoms with E-state index in [-0.39, 0.29) is 37.4 Å². The Hall–Kier alpha value is -4.75. The van der Waals surface area contributed by atoms with Crippen molar-refractivity contribution in [2.24, 2.45) is 0 Å². The van der Waals surface area contributed by atoms with Gasteiger partial charge in [-0.2, -0.15) is 5.10 Å². The van der Waals surface area contributed by atoms with Gasteiger partial charge in [-0.3, -0.25) is 4.90 Å². The summed E-state index contributed by atoms with van der Waals surface area (Å²) < 4.78 is 48.3. The summed E-state index contributed by atoms with van der Waals surface area (Å²) in [7, 11) is 0. The highest BCUT2D eigenvalue weighted by Gasteiger charge is 2.46. The third kappa shape index (κ3) is 6.90. The number of carbonyl (C=O) groups is 1. The molecular weight excluding hydrogens is 632 g/mol. The molecule has 0 bridgehead atoms. The fourth-order valence-electron chi connectivity index (χ4n) is 6.78. The number of amides is 2. The Balaban J connectivity index is 0.910. The second-order valence-corrected chi connectivity index (χ2v) is 12.8. The normalized spacial score (nSPS) is 21.9. The monoisotopic (exact) mass is 673 g/mol. The number of urea groups is 1. The van der Waals surface area contributed by atoms with Crippen LogP contribution in [0.3, 0.4) is 0 Å².